The van der Waals surface area contributed by atoms with Crippen molar-refractivity contribution in [2.75, 3.05) is 13.2 Å². The van der Waals surface area contributed by atoms with Gasteiger partial charge in [-0.1, -0.05) is 12.2 Å². The third-order valence-corrected chi connectivity index (χ3v) is 7.74. The van der Waals surface area contributed by atoms with E-state index in [0.717, 1.165) is 48.3 Å². The fourth-order valence-electron chi connectivity index (χ4n) is 7.18. The van der Waals surface area contributed by atoms with E-state index in [1.165, 1.54) is 12.8 Å². The van der Waals surface area contributed by atoms with Gasteiger partial charge in [0, 0.05) is 12.8 Å². The number of allylic oxidation sites excluding steroid dienone is 2. The summed E-state index contributed by atoms with van der Waals surface area (Å²) < 4.78 is 10.3. The molecule has 4 aliphatic carbocycles. The maximum absolute atomic E-state index is 11.9. The summed E-state index contributed by atoms with van der Waals surface area (Å²) in [4.78, 5) is 23.8. The van der Waals surface area contributed by atoms with Gasteiger partial charge in [0.1, 0.15) is 0 Å². The SMILES string of the molecule is CCOC(=O)CCC1C(CCC(=O)OCC)C2CC1C1C3C=CC(C3)C21. The number of rotatable bonds is 8. The van der Waals surface area contributed by atoms with Crippen LogP contribution in [0.4, 0.5) is 0 Å². The lowest BCUT2D eigenvalue weighted by molar-refractivity contribution is -0.145. The van der Waals surface area contributed by atoms with E-state index in [1.54, 1.807) is 0 Å². The monoisotopic (exact) mass is 360 g/mol. The van der Waals surface area contributed by atoms with Gasteiger partial charge >= 0.3 is 11.9 Å². The second kappa shape index (κ2) is 7.36. The van der Waals surface area contributed by atoms with E-state index in [0.29, 0.717) is 37.9 Å². The van der Waals surface area contributed by atoms with Gasteiger partial charge in [0.25, 0.3) is 0 Å². The highest BCUT2D eigenvalue weighted by molar-refractivity contribution is 5.69. The molecule has 0 amide bonds. The molecule has 0 spiro atoms. The second-order valence-electron chi connectivity index (χ2n) is 8.68. The van der Waals surface area contributed by atoms with Gasteiger partial charge in [0.05, 0.1) is 13.2 Å². The standard InChI is InChI=1S/C22H32O4/c1-3-25-19(23)9-7-15-16(8-10-20(24)26-4-2)18-12-17(15)21-13-5-6-14(11-13)22(18)21/h5-6,13-18,21-22H,3-4,7-12H2,1-2H3. The summed E-state index contributed by atoms with van der Waals surface area (Å²) in [5.74, 6) is 5.72. The molecule has 3 saturated carbocycles. The van der Waals surface area contributed by atoms with Crippen molar-refractivity contribution < 1.29 is 19.1 Å². The summed E-state index contributed by atoms with van der Waals surface area (Å²) in [6.45, 7) is 4.65. The van der Waals surface area contributed by atoms with Crippen molar-refractivity contribution in [3.63, 3.8) is 0 Å². The van der Waals surface area contributed by atoms with Crippen molar-refractivity contribution in [2.24, 2.45) is 47.3 Å². The van der Waals surface area contributed by atoms with Crippen LogP contribution in [0.25, 0.3) is 0 Å². The first-order valence-corrected chi connectivity index (χ1v) is 10.6. The van der Waals surface area contributed by atoms with Gasteiger partial charge in [0.2, 0.25) is 0 Å². The first kappa shape index (κ1) is 18.1. The first-order valence-electron chi connectivity index (χ1n) is 10.6. The summed E-state index contributed by atoms with van der Waals surface area (Å²) in [5.41, 5.74) is 0. The zero-order valence-electron chi connectivity index (χ0n) is 16.1. The number of hydrogen-bond acceptors (Lipinski definition) is 4. The molecule has 4 bridgehead atoms. The predicted molar refractivity (Wildman–Crippen MR) is 98.0 cm³/mol. The Morgan fingerprint density at radius 3 is 1.69 bits per heavy atom. The normalized spacial score (nSPS) is 41.5. The van der Waals surface area contributed by atoms with Crippen molar-refractivity contribution in [2.45, 2.75) is 52.4 Å². The topological polar surface area (TPSA) is 52.6 Å². The van der Waals surface area contributed by atoms with Crippen LogP contribution in [0.5, 0.6) is 0 Å². The Morgan fingerprint density at radius 1 is 0.808 bits per heavy atom. The first-order chi connectivity index (χ1) is 12.6. The summed E-state index contributed by atoms with van der Waals surface area (Å²) in [5, 5.41) is 0. The van der Waals surface area contributed by atoms with E-state index in [4.69, 9.17) is 9.47 Å². The van der Waals surface area contributed by atoms with Gasteiger partial charge in [-0.25, -0.2) is 0 Å². The second-order valence-corrected chi connectivity index (χ2v) is 8.68. The Bertz CT molecular complexity index is 535. The Kier molecular flexibility index (Phi) is 5.11. The van der Waals surface area contributed by atoms with E-state index in [2.05, 4.69) is 12.2 Å². The number of carbonyl (C=O) groups excluding carboxylic acids is 2. The lowest BCUT2D eigenvalue weighted by Gasteiger charge is -2.42. The average Bonchev–Trinajstić information content (AvgIpc) is 3.36. The van der Waals surface area contributed by atoms with E-state index < -0.39 is 0 Å². The molecule has 0 aromatic carbocycles. The van der Waals surface area contributed by atoms with Crippen LogP contribution < -0.4 is 0 Å². The highest BCUT2D eigenvalue weighted by atomic mass is 16.5. The Morgan fingerprint density at radius 2 is 1.27 bits per heavy atom. The minimum Gasteiger partial charge on any atom is -0.466 e. The van der Waals surface area contributed by atoms with Crippen LogP contribution in [-0.2, 0) is 19.1 Å². The number of carbonyl (C=O) groups is 2. The van der Waals surface area contributed by atoms with E-state index in [-0.39, 0.29) is 11.9 Å². The minimum absolute atomic E-state index is 0.0659. The molecular formula is C22H32O4. The Balaban J connectivity index is 1.45. The van der Waals surface area contributed by atoms with Crippen molar-refractivity contribution >= 4 is 11.9 Å². The molecule has 0 N–H and O–H groups in total. The molecule has 0 heterocycles. The molecule has 4 aliphatic rings. The lowest BCUT2D eigenvalue weighted by atomic mass is 9.63. The molecule has 0 aromatic heterocycles. The van der Waals surface area contributed by atoms with Crippen LogP contribution in [0.2, 0.25) is 0 Å². The zero-order chi connectivity index (χ0) is 18.3. The average molecular weight is 360 g/mol. The quantitative estimate of drug-likeness (QED) is 0.373. The third kappa shape index (κ3) is 2.99. The molecule has 3 fully saturated rings. The Labute approximate surface area is 156 Å². The molecule has 8 unspecified atom stereocenters. The zero-order valence-corrected chi connectivity index (χ0v) is 16.1. The highest BCUT2D eigenvalue weighted by Crippen LogP contribution is 2.69. The molecule has 0 saturated heterocycles. The van der Waals surface area contributed by atoms with Crippen molar-refractivity contribution in [3.05, 3.63) is 12.2 Å². The van der Waals surface area contributed by atoms with Gasteiger partial charge in [0.15, 0.2) is 0 Å². The van der Waals surface area contributed by atoms with Gasteiger partial charge in [-0.05, 0) is 86.9 Å². The van der Waals surface area contributed by atoms with Crippen LogP contribution in [0.15, 0.2) is 12.2 Å². The number of hydrogen-bond donors (Lipinski definition) is 0. The van der Waals surface area contributed by atoms with Gasteiger partial charge in [-0.15, -0.1) is 0 Å². The molecule has 0 aromatic rings. The maximum Gasteiger partial charge on any atom is 0.305 e. The lowest BCUT2D eigenvalue weighted by Crippen LogP contribution is -2.37. The number of fused-ring (bicyclic) bond motifs is 9. The number of ether oxygens (including phenoxy) is 2. The van der Waals surface area contributed by atoms with E-state index in [1.807, 2.05) is 13.8 Å². The van der Waals surface area contributed by atoms with Crippen molar-refractivity contribution in [1.82, 2.24) is 0 Å². The predicted octanol–water partition coefficient (Wildman–Crippen LogP) is 3.99. The fourth-order valence-corrected chi connectivity index (χ4v) is 7.18. The van der Waals surface area contributed by atoms with Crippen LogP contribution in [-0.4, -0.2) is 25.2 Å². The van der Waals surface area contributed by atoms with Gasteiger partial charge in [-0.3, -0.25) is 9.59 Å². The van der Waals surface area contributed by atoms with Gasteiger partial charge in [-0.2, -0.15) is 0 Å². The minimum atomic E-state index is -0.0659. The molecule has 144 valence electrons. The summed E-state index contributed by atoms with van der Waals surface area (Å²) >= 11 is 0. The maximum atomic E-state index is 11.9. The van der Waals surface area contributed by atoms with Gasteiger partial charge < -0.3 is 9.47 Å². The third-order valence-electron chi connectivity index (χ3n) is 7.74. The van der Waals surface area contributed by atoms with Crippen molar-refractivity contribution in [3.8, 4) is 0 Å². The largest absolute Gasteiger partial charge is 0.466 e. The van der Waals surface area contributed by atoms with E-state index in [9.17, 15) is 9.59 Å². The van der Waals surface area contributed by atoms with Crippen LogP contribution in [0.3, 0.4) is 0 Å². The molecule has 4 rings (SSSR count). The van der Waals surface area contributed by atoms with Crippen LogP contribution >= 0.6 is 0 Å². The summed E-state index contributed by atoms with van der Waals surface area (Å²) in [6, 6.07) is 0. The molecule has 8 atom stereocenters. The number of esters is 2. The molecular weight excluding hydrogens is 328 g/mol. The summed E-state index contributed by atoms with van der Waals surface area (Å²) in [7, 11) is 0. The molecule has 4 nitrogen and oxygen atoms in total. The highest BCUT2D eigenvalue weighted by Gasteiger charge is 2.63. The molecule has 4 heteroatoms. The van der Waals surface area contributed by atoms with Crippen LogP contribution in [0.1, 0.15) is 52.4 Å². The van der Waals surface area contributed by atoms with E-state index >= 15 is 0 Å². The molecule has 0 radical (unpaired) electrons. The van der Waals surface area contributed by atoms with Crippen LogP contribution in [0, 0.1) is 47.3 Å². The smallest absolute Gasteiger partial charge is 0.305 e. The Hall–Kier alpha value is -1.32. The summed E-state index contributed by atoms with van der Waals surface area (Å²) in [6.07, 6.45) is 10.5. The molecule has 26 heavy (non-hydrogen) atoms. The van der Waals surface area contributed by atoms with Crippen molar-refractivity contribution in [1.29, 1.82) is 0 Å². The molecule has 0 aliphatic heterocycles. The fraction of sp³-hybridized carbons (Fsp3) is 0.818.